The highest BCUT2D eigenvalue weighted by atomic mass is 15.2. The van der Waals surface area contributed by atoms with Gasteiger partial charge in [-0.15, -0.1) is 0 Å². The van der Waals surface area contributed by atoms with Gasteiger partial charge in [0.15, 0.2) is 0 Å². The van der Waals surface area contributed by atoms with Gasteiger partial charge in [0.05, 0.1) is 0 Å². The third kappa shape index (κ3) is 3.69. The second-order valence-corrected chi connectivity index (χ2v) is 6.31. The first kappa shape index (κ1) is 14.3. The minimum atomic E-state index is 0.765. The first-order valence-electron chi connectivity index (χ1n) is 7.85. The fourth-order valence-corrected chi connectivity index (χ4v) is 3.70. The van der Waals surface area contributed by atoms with Gasteiger partial charge in [0.25, 0.3) is 0 Å². The molecule has 0 aliphatic carbocycles. The highest BCUT2D eigenvalue weighted by molar-refractivity contribution is 4.84. The summed E-state index contributed by atoms with van der Waals surface area (Å²) in [6.07, 6.45) is 5.49. The summed E-state index contributed by atoms with van der Waals surface area (Å²) in [7, 11) is 2.34. The Morgan fingerprint density at radius 1 is 1.33 bits per heavy atom. The summed E-state index contributed by atoms with van der Waals surface area (Å²) in [5.41, 5.74) is 0. The molecule has 0 saturated carbocycles. The van der Waals surface area contributed by atoms with Crippen LogP contribution >= 0.6 is 0 Å². The van der Waals surface area contributed by atoms with Crippen LogP contribution in [0.2, 0.25) is 0 Å². The van der Waals surface area contributed by atoms with Crippen molar-refractivity contribution in [2.75, 3.05) is 39.8 Å². The van der Waals surface area contributed by atoms with Gasteiger partial charge < -0.3 is 15.1 Å². The molecule has 0 spiro atoms. The molecular weight excluding hydrogens is 222 g/mol. The topological polar surface area (TPSA) is 18.5 Å². The van der Waals surface area contributed by atoms with Crippen molar-refractivity contribution in [3.63, 3.8) is 0 Å². The van der Waals surface area contributed by atoms with Crippen molar-refractivity contribution in [1.82, 2.24) is 15.1 Å². The quantitative estimate of drug-likeness (QED) is 0.824. The molecule has 3 atom stereocenters. The van der Waals surface area contributed by atoms with E-state index < -0.39 is 0 Å². The van der Waals surface area contributed by atoms with E-state index in [1.807, 2.05) is 0 Å². The molecule has 0 aromatic carbocycles. The highest BCUT2D eigenvalue weighted by Crippen LogP contribution is 2.22. The van der Waals surface area contributed by atoms with Crippen LogP contribution in [0.3, 0.4) is 0 Å². The maximum atomic E-state index is 3.53. The van der Waals surface area contributed by atoms with Crippen molar-refractivity contribution in [3.8, 4) is 0 Å². The van der Waals surface area contributed by atoms with E-state index in [9.17, 15) is 0 Å². The Balaban J connectivity index is 1.76. The molecule has 3 heteroatoms. The van der Waals surface area contributed by atoms with E-state index in [0.29, 0.717) is 0 Å². The largest absolute Gasteiger partial charge is 0.316 e. The molecule has 2 aliphatic heterocycles. The third-order valence-electron chi connectivity index (χ3n) is 4.96. The van der Waals surface area contributed by atoms with Gasteiger partial charge in [0.1, 0.15) is 0 Å². The average molecular weight is 253 g/mol. The van der Waals surface area contributed by atoms with Crippen LogP contribution in [0.5, 0.6) is 0 Å². The second-order valence-electron chi connectivity index (χ2n) is 6.31. The van der Waals surface area contributed by atoms with E-state index in [4.69, 9.17) is 0 Å². The molecule has 0 aromatic rings. The zero-order valence-corrected chi connectivity index (χ0v) is 12.5. The Kier molecular flexibility index (Phi) is 5.46. The first-order valence-corrected chi connectivity index (χ1v) is 7.85. The Hall–Kier alpha value is -0.120. The van der Waals surface area contributed by atoms with Gasteiger partial charge in [-0.25, -0.2) is 0 Å². The zero-order valence-electron chi connectivity index (χ0n) is 12.5. The second kappa shape index (κ2) is 6.88. The van der Waals surface area contributed by atoms with Crippen LogP contribution in [0, 0.1) is 5.92 Å². The molecular formula is C15H31N3. The minimum absolute atomic E-state index is 0.765. The number of hydrogen-bond acceptors (Lipinski definition) is 3. The molecule has 3 unspecified atom stereocenters. The van der Waals surface area contributed by atoms with Crippen molar-refractivity contribution in [2.45, 2.75) is 51.6 Å². The van der Waals surface area contributed by atoms with Crippen molar-refractivity contribution in [1.29, 1.82) is 0 Å². The fourth-order valence-electron chi connectivity index (χ4n) is 3.70. The number of likely N-dealkylation sites (tertiary alicyclic amines) is 1. The predicted octanol–water partition coefficient (Wildman–Crippen LogP) is 1.79. The molecule has 18 heavy (non-hydrogen) atoms. The zero-order chi connectivity index (χ0) is 13.0. The van der Waals surface area contributed by atoms with Gasteiger partial charge in [-0.3, -0.25) is 0 Å². The van der Waals surface area contributed by atoms with Crippen molar-refractivity contribution in [2.24, 2.45) is 5.92 Å². The number of nitrogens with zero attached hydrogens (tertiary/aromatic N) is 2. The predicted molar refractivity (Wildman–Crippen MR) is 78.0 cm³/mol. The lowest BCUT2D eigenvalue weighted by Gasteiger charge is -2.42. The molecule has 0 aromatic heterocycles. The molecule has 2 fully saturated rings. The highest BCUT2D eigenvalue weighted by Gasteiger charge is 2.28. The first-order chi connectivity index (χ1) is 8.70. The summed E-state index contributed by atoms with van der Waals surface area (Å²) in [5.74, 6) is 0.878. The van der Waals surface area contributed by atoms with E-state index in [1.54, 1.807) is 0 Å². The van der Waals surface area contributed by atoms with E-state index in [1.165, 1.54) is 58.4 Å². The van der Waals surface area contributed by atoms with Crippen molar-refractivity contribution in [3.05, 3.63) is 0 Å². The van der Waals surface area contributed by atoms with Crippen LogP contribution in [0.25, 0.3) is 0 Å². The number of rotatable bonds is 4. The molecule has 2 saturated heterocycles. The molecule has 0 bridgehead atoms. The van der Waals surface area contributed by atoms with E-state index in [0.717, 1.165) is 18.0 Å². The SMILES string of the molecule is CCN1CCC(N(C)CC2CCCNC2)CC1C. The summed E-state index contributed by atoms with van der Waals surface area (Å²) in [5, 5.41) is 3.53. The maximum absolute atomic E-state index is 3.53. The lowest BCUT2D eigenvalue weighted by atomic mass is 9.94. The monoisotopic (exact) mass is 253 g/mol. The van der Waals surface area contributed by atoms with Crippen LogP contribution in [0.15, 0.2) is 0 Å². The fraction of sp³-hybridized carbons (Fsp3) is 1.00. The maximum Gasteiger partial charge on any atom is 0.0119 e. The molecule has 0 radical (unpaired) electrons. The van der Waals surface area contributed by atoms with Gasteiger partial charge in [0.2, 0.25) is 0 Å². The minimum Gasteiger partial charge on any atom is -0.316 e. The van der Waals surface area contributed by atoms with Gasteiger partial charge >= 0.3 is 0 Å². The van der Waals surface area contributed by atoms with Gasteiger partial charge in [0, 0.05) is 18.6 Å². The Morgan fingerprint density at radius 3 is 2.78 bits per heavy atom. The average Bonchev–Trinajstić information content (AvgIpc) is 2.39. The van der Waals surface area contributed by atoms with Crippen molar-refractivity contribution < 1.29 is 0 Å². The molecule has 1 N–H and O–H groups in total. The summed E-state index contributed by atoms with van der Waals surface area (Å²) in [6.45, 7) is 10.9. The van der Waals surface area contributed by atoms with Crippen LogP contribution in [-0.2, 0) is 0 Å². The third-order valence-corrected chi connectivity index (χ3v) is 4.96. The lowest BCUT2D eigenvalue weighted by molar-refractivity contribution is 0.0787. The smallest absolute Gasteiger partial charge is 0.0119 e. The van der Waals surface area contributed by atoms with Gasteiger partial charge in [-0.2, -0.15) is 0 Å². The molecule has 106 valence electrons. The summed E-state index contributed by atoms with van der Waals surface area (Å²) >= 11 is 0. The van der Waals surface area contributed by atoms with Crippen LogP contribution in [0.1, 0.15) is 39.5 Å². The Morgan fingerprint density at radius 2 is 2.17 bits per heavy atom. The van der Waals surface area contributed by atoms with E-state index >= 15 is 0 Å². The summed E-state index contributed by atoms with van der Waals surface area (Å²) in [6, 6.07) is 1.57. The van der Waals surface area contributed by atoms with Crippen LogP contribution in [-0.4, -0.2) is 61.7 Å². The van der Waals surface area contributed by atoms with Crippen molar-refractivity contribution >= 4 is 0 Å². The van der Waals surface area contributed by atoms with Gasteiger partial charge in [-0.1, -0.05) is 6.92 Å². The van der Waals surface area contributed by atoms with E-state index in [-0.39, 0.29) is 0 Å². The normalized spacial score (nSPS) is 35.0. The summed E-state index contributed by atoms with van der Waals surface area (Å²) < 4.78 is 0. The lowest BCUT2D eigenvalue weighted by Crippen LogP contribution is -2.49. The standard InChI is InChI=1S/C15H31N3/c1-4-18-9-7-15(10-13(18)2)17(3)12-14-6-5-8-16-11-14/h13-16H,4-12H2,1-3H3. The molecule has 2 aliphatic rings. The number of piperidine rings is 2. The van der Waals surface area contributed by atoms with Crippen LogP contribution < -0.4 is 5.32 Å². The number of nitrogens with one attached hydrogen (secondary N) is 1. The molecule has 2 rings (SSSR count). The Bertz CT molecular complexity index is 238. The van der Waals surface area contributed by atoms with Crippen LogP contribution in [0.4, 0.5) is 0 Å². The molecule has 0 amide bonds. The van der Waals surface area contributed by atoms with Gasteiger partial charge in [-0.05, 0) is 71.8 Å². The Labute approximate surface area is 113 Å². The summed E-state index contributed by atoms with van der Waals surface area (Å²) in [4.78, 5) is 5.26. The molecule has 2 heterocycles. The van der Waals surface area contributed by atoms with E-state index in [2.05, 4.69) is 36.0 Å². The number of hydrogen-bond donors (Lipinski definition) is 1. The molecule has 3 nitrogen and oxygen atoms in total.